The number of aliphatic hydroxyl groups is 1. The lowest BCUT2D eigenvalue weighted by atomic mass is 10.0. The maximum atomic E-state index is 9.86. The van der Waals surface area contributed by atoms with Crippen LogP contribution in [0.15, 0.2) is 30.3 Å². The predicted molar refractivity (Wildman–Crippen MR) is 70.5 cm³/mol. The Morgan fingerprint density at radius 2 is 1.75 bits per heavy atom. The molecule has 0 aliphatic carbocycles. The lowest BCUT2D eigenvalue weighted by Gasteiger charge is -2.15. The number of aliphatic hydroxyl groups excluding tert-OH is 1. The highest BCUT2D eigenvalue weighted by atomic mass is 28.3. The third-order valence-electron chi connectivity index (χ3n) is 2.12. The van der Waals surface area contributed by atoms with Crippen LogP contribution < -0.4 is 5.73 Å². The minimum atomic E-state index is -1.44. The van der Waals surface area contributed by atoms with E-state index in [0.717, 1.165) is 5.56 Å². The quantitative estimate of drug-likeness (QED) is 0.605. The summed E-state index contributed by atoms with van der Waals surface area (Å²) in [6, 6.07) is 9.14. The van der Waals surface area contributed by atoms with Gasteiger partial charge in [0.05, 0.1) is 6.04 Å². The van der Waals surface area contributed by atoms with Gasteiger partial charge in [0.1, 0.15) is 14.2 Å². The van der Waals surface area contributed by atoms with Crippen LogP contribution in [-0.2, 0) is 0 Å². The van der Waals surface area contributed by atoms with Crippen LogP contribution in [0.1, 0.15) is 11.6 Å². The van der Waals surface area contributed by atoms with Gasteiger partial charge in [-0.25, -0.2) is 0 Å². The van der Waals surface area contributed by atoms with E-state index in [2.05, 4.69) is 31.1 Å². The molecule has 0 amide bonds. The molecule has 16 heavy (non-hydrogen) atoms. The Balaban J connectivity index is 2.75. The molecule has 0 fully saturated rings. The molecule has 86 valence electrons. The maximum Gasteiger partial charge on any atom is 0.133 e. The van der Waals surface area contributed by atoms with Gasteiger partial charge >= 0.3 is 0 Å². The monoisotopic (exact) mass is 233 g/mol. The van der Waals surface area contributed by atoms with Crippen molar-refractivity contribution in [1.29, 1.82) is 0 Å². The van der Waals surface area contributed by atoms with Crippen LogP contribution in [0.2, 0.25) is 19.6 Å². The van der Waals surface area contributed by atoms with Crippen molar-refractivity contribution in [2.45, 2.75) is 31.8 Å². The van der Waals surface area contributed by atoms with Crippen molar-refractivity contribution in [2.24, 2.45) is 5.73 Å². The van der Waals surface area contributed by atoms with E-state index in [0.29, 0.717) is 0 Å². The zero-order valence-corrected chi connectivity index (χ0v) is 11.1. The Labute approximate surface area is 98.5 Å². The maximum absolute atomic E-state index is 9.86. The van der Waals surface area contributed by atoms with E-state index < -0.39 is 20.2 Å². The fourth-order valence-corrected chi connectivity index (χ4v) is 1.82. The minimum absolute atomic E-state index is 0.426. The first-order valence-corrected chi connectivity index (χ1v) is 8.91. The van der Waals surface area contributed by atoms with Gasteiger partial charge < -0.3 is 10.8 Å². The van der Waals surface area contributed by atoms with Gasteiger partial charge in [-0.3, -0.25) is 0 Å². The van der Waals surface area contributed by atoms with E-state index in [1.807, 2.05) is 30.3 Å². The van der Waals surface area contributed by atoms with E-state index in [1.54, 1.807) is 0 Å². The Morgan fingerprint density at radius 3 is 2.25 bits per heavy atom. The predicted octanol–water partition coefficient (Wildman–Crippen LogP) is 1.93. The standard InChI is InChI=1S/C13H19NOSi/c1-16(2,3)10-9-12(15)13(14)11-7-5-4-6-8-11/h4-8,12-13,15H,14H2,1-3H3/t12-,13+/m0/s1. The molecule has 0 spiro atoms. The Hall–Kier alpha value is -1.08. The van der Waals surface area contributed by atoms with Gasteiger partial charge in [0.25, 0.3) is 0 Å². The van der Waals surface area contributed by atoms with Crippen molar-refractivity contribution < 1.29 is 5.11 Å². The van der Waals surface area contributed by atoms with Crippen LogP contribution in [0.4, 0.5) is 0 Å². The molecule has 0 aliphatic rings. The molecule has 1 rings (SSSR count). The first-order chi connectivity index (χ1) is 7.40. The summed E-state index contributed by atoms with van der Waals surface area (Å²) in [6.07, 6.45) is -0.783. The smallest absolute Gasteiger partial charge is 0.133 e. The summed E-state index contributed by atoms with van der Waals surface area (Å²) in [7, 11) is -1.44. The van der Waals surface area contributed by atoms with Crippen LogP contribution in [0, 0.1) is 11.5 Å². The first-order valence-electron chi connectivity index (χ1n) is 5.41. The van der Waals surface area contributed by atoms with Crippen LogP contribution in [0.25, 0.3) is 0 Å². The van der Waals surface area contributed by atoms with Crippen LogP contribution in [0.5, 0.6) is 0 Å². The molecule has 0 unspecified atom stereocenters. The molecular weight excluding hydrogens is 214 g/mol. The van der Waals surface area contributed by atoms with Crippen molar-refractivity contribution in [1.82, 2.24) is 0 Å². The second-order valence-corrected chi connectivity index (χ2v) is 9.65. The molecule has 3 N–H and O–H groups in total. The number of benzene rings is 1. The minimum Gasteiger partial charge on any atom is -0.378 e. The molecule has 1 aromatic rings. The van der Waals surface area contributed by atoms with E-state index in [9.17, 15) is 5.11 Å². The highest BCUT2D eigenvalue weighted by Gasteiger charge is 2.15. The van der Waals surface area contributed by atoms with E-state index in [-0.39, 0.29) is 0 Å². The normalized spacial score (nSPS) is 14.8. The third kappa shape index (κ3) is 4.19. The summed E-state index contributed by atoms with van der Waals surface area (Å²) in [5.41, 5.74) is 9.98. The van der Waals surface area contributed by atoms with Gasteiger partial charge in [-0.1, -0.05) is 55.9 Å². The number of hydrogen-bond acceptors (Lipinski definition) is 2. The average molecular weight is 233 g/mol. The van der Waals surface area contributed by atoms with Crippen molar-refractivity contribution in [3.8, 4) is 11.5 Å². The first kappa shape index (κ1) is 13.0. The van der Waals surface area contributed by atoms with Crippen molar-refractivity contribution in [3.05, 3.63) is 35.9 Å². The molecule has 0 saturated heterocycles. The van der Waals surface area contributed by atoms with Crippen LogP contribution >= 0.6 is 0 Å². The molecule has 0 heterocycles. The lowest BCUT2D eigenvalue weighted by Crippen LogP contribution is -2.26. The molecule has 0 saturated carbocycles. The van der Waals surface area contributed by atoms with Crippen molar-refractivity contribution >= 4 is 8.07 Å². The fourth-order valence-electron chi connectivity index (χ4n) is 1.24. The zero-order chi connectivity index (χ0) is 12.2. The summed E-state index contributed by atoms with van der Waals surface area (Å²) in [5.74, 6) is 2.86. The SMILES string of the molecule is C[Si](C)(C)C#C[C@H](O)[C@H](N)c1ccccc1. The van der Waals surface area contributed by atoms with E-state index in [1.165, 1.54) is 0 Å². The van der Waals surface area contributed by atoms with Crippen LogP contribution in [-0.4, -0.2) is 19.3 Å². The van der Waals surface area contributed by atoms with Gasteiger partial charge in [-0.05, 0) is 5.56 Å². The summed E-state index contributed by atoms with van der Waals surface area (Å²) >= 11 is 0. The van der Waals surface area contributed by atoms with Gasteiger partial charge in [0, 0.05) is 0 Å². The molecular formula is C13H19NOSi. The summed E-state index contributed by atoms with van der Waals surface area (Å²) in [4.78, 5) is 0. The fraction of sp³-hybridized carbons (Fsp3) is 0.385. The summed E-state index contributed by atoms with van der Waals surface area (Å²) in [6.45, 7) is 6.42. The Kier molecular flexibility index (Phi) is 4.31. The van der Waals surface area contributed by atoms with Gasteiger partial charge in [0.2, 0.25) is 0 Å². The second-order valence-electron chi connectivity index (χ2n) is 4.90. The second kappa shape index (κ2) is 5.31. The Morgan fingerprint density at radius 1 is 1.19 bits per heavy atom. The lowest BCUT2D eigenvalue weighted by molar-refractivity contribution is 0.201. The Bertz CT molecular complexity index is 386. The van der Waals surface area contributed by atoms with Crippen molar-refractivity contribution in [2.75, 3.05) is 0 Å². The molecule has 0 radical (unpaired) electrons. The third-order valence-corrected chi connectivity index (χ3v) is 3.01. The molecule has 0 aliphatic heterocycles. The largest absolute Gasteiger partial charge is 0.378 e. The van der Waals surface area contributed by atoms with E-state index >= 15 is 0 Å². The van der Waals surface area contributed by atoms with E-state index in [4.69, 9.17) is 5.73 Å². The summed E-state index contributed by atoms with van der Waals surface area (Å²) < 4.78 is 0. The number of nitrogens with two attached hydrogens (primary N) is 1. The topological polar surface area (TPSA) is 46.2 Å². The summed E-state index contributed by atoms with van der Waals surface area (Å²) in [5, 5.41) is 9.86. The number of rotatable bonds is 2. The van der Waals surface area contributed by atoms with Gasteiger partial charge in [-0.2, -0.15) is 0 Å². The number of hydrogen-bond donors (Lipinski definition) is 2. The van der Waals surface area contributed by atoms with Crippen LogP contribution in [0.3, 0.4) is 0 Å². The molecule has 3 heteroatoms. The molecule has 0 aromatic heterocycles. The molecule has 1 aromatic carbocycles. The van der Waals surface area contributed by atoms with Gasteiger partial charge in [-0.15, -0.1) is 5.54 Å². The molecule has 2 atom stereocenters. The average Bonchev–Trinajstić information content (AvgIpc) is 2.25. The van der Waals surface area contributed by atoms with Crippen molar-refractivity contribution in [3.63, 3.8) is 0 Å². The highest BCUT2D eigenvalue weighted by Crippen LogP contribution is 2.13. The zero-order valence-electron chi connectivity index (χ0n) is 10.1. The molecule has 0 bridgehead atoms. The molecule has 2 nitrogen and oxygen atoms in total. The van der Waals surface area contributed by atoms with Gasteiger partial charge in [0.15, 0.2) is 0 Å². The highest BCUT2D eigenvalue weighted by molar-refractivity contribution is 6.83.